The number of esters is 1. The second-order valence-electron chi connectivity index (χ2n) is 11.1. The van der Waals surface area contributed by atoms with Crippen LogP contribution in [0.15, 0.2) is 36.0 Å². The molecule has 1 unspecified atom stereocenters. The van der Waals surface area contributed by atoms with E-state index in [0.717, 1.165) is 18.4 Å². The van der Waals surface area contributed by atoms with E-state index in [1.807, 2.05) is 32.9 Å². The third kappa shape index (κ3) is 7.97. The maximum Gasteiger partial charge on any atom is 0.303 e. The summed E-state index contributed by atoms with van der Waals surface area (Å²) in [6.07, 6.45) is 8.86. The second-order valence-corrected chi connectivity index (χ2v) is 11.1. The molecule has 0 aromatic carbocycles. The van der Waals surface area contributed by atoms with Crippen LogP contribution in [-0.2, 0) is 28.5 Å². The SMILES string of the molecule is CC(=O)O[C@H](C)/C=C\C(=O)NC1C[C@H](C)[C@H](C/C=C(C)/C=C/[C@H]2O[C@@](C)(CO)C[C@@]3(CO3)[C@@H]2O)O[C@@H]1C. The molecular weight excluding hydrogens is 478 g/mol. The molecule has 3 aliphatic rings. The predicted octanol–water partition coefficient (Wildman–Crippen LogP) is 2.35. The van der Waals surface area contributed by atoms with Gasteiger partial charge in [-0.1, -0.05) is 30.7 Å². The zero-order valence-corrected chi connectivity index (χ0v) is 22.8. The molecule has 0 bridgehead atoms. The van der Waals surface area contributed by atoms with E-state index in [4.69, 9.17) is 18.9 Å². The third-order valence-electron chi connectivity index (χ3n) is 7.43. The van der Waals surface area contributed by atoms with Crippen LogP contribution in [0.2, 0.25) is 0 Å². The Hall–Kier alpha value is -2.04. The number of hydrogen-bond acceptors (Lipinski definition) is 8. The summed E-state index contributed by atoms with van der Waals surface area (Å²) >= 11 is 0. The minimum absolute atomic E-state index is 0.0170. The summed E-state index contributed by atoms with van der Waals surface area (Å²) in [4.78, 5) is 23.3. The zero-order chi connectivity index (χ0) is 27.4. The van der Waals surface area contributed by atoms with Gasteiger partial charge in [-0.3, -0.25) is 9.59 Å². The molecule has 9 atom stereocenters. The number of amides is 1. The number of allylic oxidation sites excluding steroid dienone is 2. The number of aliphatic hydroxyl groups is 2. The predicted molar refractivity (Wildman–Crippen MR) is 138 cm³/mol. The maximum atomic E-state index is 12.3. The molecule has 3 rings (SSSR count). The Labute approximate surface area is 219 Å². The van der Waals surface area contributed by atoms with Crippen LogP contribution in [0.25, 0.3) is 0 Å². The Kier molecular flexibility index (Phi) is 9.74. The highest BCUT2D eigenvalue weighted by Crippen LogP contribution is 2.46. The molecule has 3 heterocycles. The number of ether oxygens (including phenoxy) is 4. The van der Waals surface area contributed by atoms with Gasteiger partial charge in [0.1, 0.15) is 23.9 Å². The minimum atomic E-state index is -0.773. The molecule has 0 aliphatic carbocycles. The number of epoxide rings is 1. The van der Waals surface area contributed by atoms with E-state index in [1.54, 1.807) is 13.0 Å². The summed E-state index contributed by atoms with van der Waals surface area (Å²) in [5, 5.41) is 23.5. The van der Waals surface area contributed by atoms with Gasteiger partial charge in [-0.25, -0.2) is 0 Å². The van der Waals surface area contributed by atoms with Gasteiger partial charge in [-0.15, -0.1) is 0 Å². The van der Waals surface area contributed by atoms with Crippen LogP contribution in [0.4, 0.5) is 0 Å². The van der Waals surface area contributed by atoms with Crippen molar-refractivity contribution >= 4 is 11.9 Å². The second kappa shape index (κ2) is 12.2. The van der Waals surface area contributed by atoms with Gasteiger partial charge >= 0.3 is 5.97 Å². The van der Waals surface area contributed by atoms with Gasteiger partial charge < -0.3 is 34.5 Å². The number of carbonyl (C=O) groups is 2. The Bertz CT molecular complexity index is 910. The average Bonchev–Trinajstić information content (AvgIpc) is 3.59. The lowest BCUT2D eigenvalue weighted by Crippen LogP contribution is -2.56. The number of nitrogens with one attached hydrogen (secondary N) is 1. The van der Waals surface area contributed by atoms with Crippen LogP contribution in [0.5, 0.6) is 0 Å². The van der Waals surface area contributed by atoms with Crippen molar-refractivity contribution in [1.29, 1.82) is 0 Å². The summed E-state index contributed by atoms with van der Waals surface area (Å²) < 4.78 is 22.8. The maximum absolute atomic E-state index is 12.3. The third-order valence-corrected chi connectivity index (χ3v) is 7.43. The molecule has 1 amide bonds. The highest BCUT2D eigenvalue weighted by atomic mass is 16.6. The quantitative estimate of drug-likeness (QED) is 0.183. The van der Waals surface area contributed by atoms with Gasteiger partial charge in [-0.05, 0) is 52.5 Å². The number of carbonyl (C=O) groups excluding carboxylic acids is 2. The normalized spacial score (nSPS) is 39.2. The summed E-state index contributed by atoms with van der Waals surface area (Å²) in [5.74, 6) is -0.398. The molecule has 208 valence electrons. The van der Waals surface area contributed by atoms with Crippen molar-refractivity contribution in [2.24, 2.45) is 5.92 Å². The number of aliphatic hydroxyl groups excluding tert-OH is 2. The fraction of sp³-hybridized carbons (Fsp3) is 0.714. The van der Waals surface area contributed by atoms with Crippen molar-refractivity contribution in [3.8, 4) is 0 Å². The van der Waals surface area contributed by atoms with Crippen molar-refractivity contribution in [2.75, 3.05) is 13.2 Å². The minimum Gasteiger partial charge on any atom is -0.459 e. The lowest BCUT2D eigenvalue weighted by Gasteiger charge is -2.42. The van der Waals surface area contributed by atoms with Crippen LogP contribution in [0.1, 0.15) is 60.8 Å². The first-order valence-electron chi connectivity index (χ1n) is 13.1. The summed E-state index contributed by atoms with van der Waals surface area (Å²) in [6, 6.07) is -0.111. The monoisotopic (exact) mass is 521 g/mol. The van der Waals surface area contributed by atoms with Gasteiger partial charge in [0.2, 0.25) is 5.91 Å². The molecule has 9 heteroatoms. The van der Waals surface area contributed by atoms with E-state index in [0.29, 0.717) is 13.0 Å². The van der Waals surface area contributed by atoms with Gasteiger partial charge in [0.15, 0.2) is 0 Å². The molecule has 37 heavy (non-hydrogen) atoms. The van der Waals surface area contributed by atoms with Crippen molar-refractivity contribution in [2.45, 2.75) is 109 Å². The van der Waals surface area contributed by atoms with Crippen LogP contribution >= 0.6 is 0 Å². The first kappa shape index (κ1) is 29.5. The van der Waals surface area contributed by atoms with Crippen LogP contribution in [0, 0.1) is 5.92 Å². The van der Waals surface area contributed by atoms with Gasteiger partial charge in [0.05, 0.1) is 37.1 Å². The van der Waals surface area contributed by atoms with E-state index in [1.165, 1.54) is 13.0 Å². The average molecular weight is 522 g/mol. The van der Waals surface area contributed by atoms with Crippen LogP contribution < -0.4 is 5.32 Å². The summed E-state index contributed by atoms with van der Waals surface area (Å²) in [5.41, 5.74) is -0.345. The molecule has 3 saturated heterocycles. The molecule has 0 aromatic rings. The molecular formula is C28H43NO8. The zero-order valence-electron chi connectivity index (χ0n) is 22.8. The van der Waals surface area contributed by atoms with Crippen LogP contribution in [-0.4, -0.2) is 83.1 Å². The van der Waals surface area contributed by atoms with E-state index in [9.17, 15) is 19.8 Å². The first-order chi connectivity index (χ1) is 17.4. The molecule has 0 radical (unpaired) electrons. The lowest BCUT2D eigenvalue weighted by molar-refractivity contribution is -0.192. The molecule has 3 N–H and O–H groups in total. The van der Waals surface area contributed by atoms with Crippen molar-refractivity contribution in [3.05, 3.63) is 36.0 Å². The number of hydrogen-bond donors (Lipinski definition) is 3. The smallest absolute Gasteiger partial charge is 0.303 e. The van der Waals surface area contributed by atoms with E-state index < -0.39 is 35.5 Å². The molecule has 3 aliphatic heterocycles. The van der Waals surface area contributed by atoms with Crippen molar-refractivity contribution < 1.29 is 38.7 Å². The van der Waals surface area contributed by atoms with Gasteiger partial charge in [0, 0.05) is 19.4 Å². The van der Waals surface area contributed by atoms with Crippen molar-refractivity contribution in [3.63, 3.8) is 0 Å². The lowest BCUT2D eigenvalue weighted by atomic mass is 9.82. The topological polar surface area (TPSA) is 127 Å². The first-order valence-corrected chi connectivity index (χ1v) is 13.1. The number of rotatable bonds is 9. The molecule has 0 aromatic heterocycles. The Balaban J connectivity index is 1.50. The van der Waals surface area contributed by atoms with E-state index >= 15 is 0 Å². The van der Waals surface area contributed by atoms with Crippen molar-refractivity contribution in [1.82, 2.24) is 5.32 Å². The van der Waals surface area contributed by atoms with E-state index in [2.05, 4.69) is 18.3 Å². The fourth-order valence-corrected chi connectivity index (χ4v) is 5.16. The Morgan fingerprint density at radius 3 is 2.57 bits per heavy atom. The van der Waals surface area contributed by atoms with E-state index in [-0.39, 0.29) is 36.7 Å². The Morgan fingerprint density at radius 1 is 1.24 bits per heavy atom. The fourth-order valence-electron chi connectivity index (χ4n) is 5.16. The van der Waals surface area contributed by atoms with Gasteiger partial charge in [-0.2, -0.15) is 0 Å². The van der Waals surface area contributed by atoms with Crippen LogP contribution in [0.3, 0.4) is 0 Å². The largest absolute Gasteiger partial charge is 0.459 e. The molecule has 3 fully saturated rings. The summed E-state index contributed by atoms with van der Waals surface area (Å²) in [6.45, 7) is 11.3. The van der Waals surface area contributed by atoms with Gasteiger partial charge in [0.25, 0.3) is 0 Å². The molecule has 1 spiro atoms. The molecule has 0 saturated carbocycles. The molecule has 9 nitrogen and oxygen atoms in total. The summed E-state index contributed by atoms with van der Waals surface area (Å²) in [7, 11) is 0. The highest BCUT2D eigenvalue weighted by molar-refractivity contribution is 5.87. The highest BCUT2D eigenvalue weighted by Gasteiger charge is 2.61. The Morgan fingerprint density at radius 2 is 1.95 bits per heavy atom. The standard InChI is InChI=1S/C28H43NO8/c1-17(8-11-24-26(33)28(16-34-28)14-27(6,15-30)37-24)7-10-23-18(2)13-22(20(4)36-23)29-25(32)12-9-19(3)35-21(5)31/h7-9,11-12,18-20,22-24,26,30,33H,10,13-16H2,1-6H3,(H,29,32)/b11-8+,12-9-,17-7+/t18-,19+,20+,22?,23-,24+,26+,27+,28+/m0/s1.